The number of aromatic nitrogens is 2. The Morgan fingerprint density at radius 1 is 1.35 bits per heavy atom. The number of rotatable bonds is 4. The minimum atomic E-state index is -0.527. The summed E-state index contributed by atoms with van der Waals surface area (Å²) in [7, 11) is 0. The van der Waals surface area contributed by atoms with Crippen molar-refractivity contribution in [2.24, 2.45) is 0 Å². The Bertz CT molecular complexity index is 784. The molecule has 3 atom stereocenters. The van der Waals surface area contributed by atoms with Crippen LogP contribution in [0.3, 0.4) is 0 Å². The van der Waals surface area contributed by atoms with E-state index in [4.69, 9.17) is 4.74 Å². The molecule has 1 aliphatic heterocycles. The molecule has 1 aliphatic carbocycles. The van der Waals surface area contributed by atoms with E-state index in [2.05, 4.69) is 15.2 Å². The van der Waals surface area contributed by atoms with Crippen LogP contribution in [0.1, 0.15) is 24.2 Å². The molecular weight excluding hydrogens is 332 g/mol. The molecule has 7 nitrogen and oxygen atoms in total. The fraction of sp³-hybridized carbons (Fsp3) is 0.579. The lowest BCUT2D eigenvalue weighted by molar-refractivity contribution is -0.122. The molecule has 7 heteroatoms. The summed E-state index contributed by atoms with van der Waals surface area (Å²) in [5.74, 6) is -0.0644. The molecule has 0 spiro atoms. The largest absolute Gasteiger partial charge is 0.389 e. The van der Waals surface area contributed by atoms with Gasteiger partial charge in [-0.1, -0.05) is 6.07 Å². The van der Waals surface area contributed by atoms with Gasteiger partial charge in [-0.25, -0.2) is 4.98 Å². The standard InChI is InChI=1S/C19H26N4O3/c1-13-16(23-7-3-2-4-17(23)20-13)12-18(24)21-14-5-6-15(19(14)25)22-8-10-26-11-9-22/h2-4,7,14-15,19,25H,5-6,8-12H2,1H3,(H,21,24)/t14-,15-,19-/m1/s1. The summed E-state index contributed by atoms with van der Waals surface area (Å²) >= 11 is 0. The van der Waals surface area contributed by atoms with Crippen LogP contribution in [0.5, 0.6) is 0 Å². The number of ether oxygens (including phenoxy) is 1. The highest BCUT2D eigenvalue weighted by Gasteiger charge is 2.39. The van der Waals surface area contributed by atoms with Crippen LogP contribution in [-0.2, 0) is 16.0 Å². The van der Waals surface area contributed by atoms with E-state index in [1.165, 1.54) is 0 Å². The van der Waals surface area contributed by atoms with Crippen molar-refractivity contribution in [2.75, 3.05) is 26.3 Å². The molecule has 3 heterocycles. The lowest BCUT2D eigenvalue weighted by Crippen LogP contribution is -2.51. The van der Waals surface area contributed by atoms with Gasteiger partial charge in [-0.15, -0.1) is 0 Å². The first-order valence-electron chi connectivity index (χ1n) is 9.35. The quantitative estimate of drug-likeness (QED) is 0.833. The first-order chi connectivity index (χ1) is 12.6. The van der Waals surface area contributed by atoms with Crippen molar-refractivity contribution >= 4 is 11.6 Å². The number of carbonyl (C=O) groups excluding carboxylic acids is 1. The van der Waals surface area contributed by atoms with Crippen molar-refractivity contribution in [2.45, 2.75) is 44.4 Å². The van der Waals surface area contributed by atoms with E-state index >= 15 is 0 Å². The third kappa shape index (κ3) is 3.34. The van der Waals surface area contributed by atoms with E-state index < -0.39 is 6.10 Å². The fourth-order valence-corrected chi connectivity index (χ4v) is 4.21. The summed E-state index contributed by atoms with van der Waals surface area (Å²) < 4.78 is 7.34. The number of aryl methyl sites for hydroxylation is 1. The van der Waals surface area contributed by atoms with E-state index in [0.717, 1.165) is 43.0 Å². The smallest absolute Gasteiger partial charge is 0.226 e. The molecule has 140 valence electrons. The van der Waals surface area contributed by atoms with Gasteiger partial charge in [-0.3, -0.25) is 9.69 Å². The molecule has 2 fully saturated rings. The second-order valence-electron chi connectivity index (χ2n) is 7.21. The Hall–Kier alpha value is -1.96. The summed E-state index contributed by atoms with van der Waals surface area (Å²) in [6, 6.07) is 5.73. The van der Waals surface area contributed by atoms with Crippen LogP contribution in [0.4, 0.5) is 0 Å². The van der Waals surface area contributed by atoms with Crippen LogP contribution in [0.2, 0.25) is 0 Å². The van der Waals surface area contributed by atoms with Crippen LogP contribution in [0.15, 0.2) is 24.4 Å². The second-order valence-corrected chi connectivity index (χ2v) is 7.21. The maximum Gasteiger partial charge on any atom is 0.226 e. The highest BCUT2D eigenvalue weighted by atomic mass is 16.5. The van der Waals surface area contributed by atoms with E-state index in [1.807, 2.05) is 35.7 Å². The van der Waals surface area contributed by atoms with Crippen molar-refractivity contribution in [1.29, 1.82) is 0 Å². The number of fused-ring (bicyclic) bond motifs is 1. The normalized spacial score (nSPS) is 27.1. The summed E-state index contributed by atoms with van der Waals surface area (Å²) in [4.78, 5) is 19.4. The minimum absolute atomic E-state index is 0.0644. The zero-order valence-corrected chi connectivity index (χ0v) is 15.1. The number of morpholine rings is 1. The Balaban J connectivity index is 1.39. The maximum atomic E-state index is 12.6. The van der Waals surface area contributed by atoms with Crippen LogP contribution < -0.4 is 5.32 Å². The van der Waals surface area contributed by atoms with Gasteiger partial charge in [0.15, 0.2) is 0 Å². The molecule has 2 aromatic rings. The summed E-state index contributed by atoms with van der Waals surface area (Å²) in [5, 5.41) is 13.7. The SMILES string of the molecule is Cc1nc2ccccn2c1CC(=O)N[C@@H]1CC[C@@H](N2CCOCC2)[C@@H]1O. The highest BCUT2D eigenvalue weighted by molar-refractivity contribution is 5.79. The summed E-state index contributed by atoms with van der Waals surface area (Å²) in [6.45, 7) is 5.06. The molecule has 2 N–H and O–H groups in total. The number of hydrogen-bond donors (Lipinski definition) is 2. The number of carbonyl (C=O) groups is 1. The number of hydrogen-bond acceptors (Lipinski definition) is 5. The van der Waals surface area contributed by atoms with E-state index in [9.17, 15) is 9.90 Å². The average molecular weight is 358 g/mol. The first kappa shape index (κ1) is 17.5. The third-order valence-electron chi connectivity index (χ3n) is 5.60. The molecule has 2 aromatic heterocycles. The molecule has 26 heavy (non-hydrogen) atoms. The minimum Gasteiger partial charge on any atom is -0.389 e. The van der Waals surface area contributed by atoms with E-state index in [-0.39, 0.29) is 24.4 Å². The topological polar surface area (TPSA) is 79.1 Å². The summed E-state index contributed by atoms with van der Waals surface area (Å²) in [5.41, 5.74) is 2.61. The van der Waals surface area contributed by atoms with Gasteiger partial charge in [0.1, 0.15) is 5.65 Å². The monoisotopic (exact) mass is 358 g/mol. The van der Waals surface area contributed by atoms with Crippen LogP contribution in [-0.4, -0.2) is 69.8 Å². The lowest BCUT2D eigenvalue weighted by Gasteiger charge is -2.34. The van der Waals surface area contributed by atoms with Gasteiger partial charge >= 0.3 is 0 Å². The molecule has 0 bridgehead atoms. The summed E-state index contributed by atoms with van der Waals surface area (Å²) in [6.07, 6.45) is 3.38. The molecule has 2 aliphatic rings. The van der Waals surface area contributed by atoms with Gasteiger partial charge < -0.3 is 19.6 Å². The Morgan fingerprint density at radius 2 is 2.15 bits per heavy atom. The number of amides is 1. The number of pyridine rings is 1. The average Bonchev–Trinajstić information content (AvgIpc) is 3.16. The fourth-order valence-electron chi connectivity index (χ4n) is 4.21. The number of aliphatic hydroxyl groups is 1. The van der Waals surface area contributed by atoms with Gasteiger partial charge in [-0.05, 0) is 31.9 Å². The van der Waals surface area contributed by atoms with Crippen molar-refractivity contribution in [3.05, 3.63) is 35.8 Å². The molecule has 0 aromatic carbocycles. The number of imidazole rings is 1. The second kappa shape index (κ2) is 7.34. The van der Waals surface area contributed by atoms with Gasteiger partial charge in [0.05, 0.1) is 43.2 Å². The van der Waals surface area contributed by atoms with Gasteiger partial charge in [0.2, 0.25) is 5.91 Å². The zero-order valence-electron chi connectivity index (χ0n) is 15.1. The molecule has 4 rings (SSSR count). The number of nitrogens with zero attached hydrogens (tertiary/aromatic N) is 3. The van der Waals surface area contributed by atoms with Crippen LogP contribution in [0, 0.1) is 6.92 Å². The number of nitrogens with one attached hydrogen (secondary N) is 1. The van der Waals surface area contributed by atoms with Crippen molar-refractivity contribution < 1.29 is 14.6 Å². The van der Waals surface area contributed by atoms with Gasteiger partial charge in [-0.2, -0.15) is 0 Å². The van der Waals surface area contributed by atoms with E-state index in [0.29, 0.717) is 13.2 Å². The Kier molecular flexibility index (Phi) is 4.93. The van der Waals surface area contributed by atoms with Crippen LogP contribution in [0.25, 0.3) is 5.65 Å². The predicted octanol–water partition coefficient (Wildman–Crippen LogP) is 0.526. The van der Waals surface area contributed by atoms with Gasteiger partial charge in [0.25, 0.3) is 0 Å². The Morgan fingerprint density at radius 3 is 2.96 bits per heavy atom. The Labute approximate surface area is 153 Å². The third-order valence-corrected chi connectivity index (χ3v) is 5.60. The number of aliphatic hydroxyl groups excluding tert-OH is 1. The van der Waals surface area contributed by atoms with Crippen molar-refractivity contribution in [3.63, 3.8) is 0 Å². The highest BCUT2D eigenvalue weighted by Crippen LogP contribution is 2.26. The molecule has 1 saturated heterocycles. The van der Waals surface area contributed by atoms with E-state index in [1.54, 1.807) is 0 Å². The first-order valence-corrected chi connectivity index (χ1v) is 9.35. The van der Waals surface area contributed by atoms with Crippen LogP contribution >= 0.6 is 0 Å². The maximum absolute atomic E-state index is 12.6. The molecule has 0 unspecified atom stereocenters. The predicted molar refractivity (Wildman–Crippen MR) is 97.0 cm³/mol. The molecule has 0 radical (unpaired) electrons. The van der Waals surface area contributed by atoms with Gasteiger partial charge in [0, 0.05) is 25.3 Å². The lowest BCUT2D eigenvalue weighted by atomic mass is 10.1. The van der Waals surface area contributed by atoms with Crippen molar-refractivity contribution in [3.8, 4) is 0 Å². The molecule has 1 saturated carbocycles. The zero-order chi connectivity index (χ0) is 18.1. The molecule has 1 amide bonds. The van der Waals surface area contributed by atoms with Crippen molar-refractivity contribution in [1.82, 2.24) is 19.6 Å². The molecular formula is C19H26N4O3.